The molecule has 0 spiro atoms. The van der Waals surface area contributed by atoms with Gasteiger partial charge < -0.3 is 9.47 Å². The van der Waals surface area contributed by atoms with Gasteiger partial charge in [0.1, 0.15) is 5.69 Å². The molecule has 0 bridgehead atoms. The molecule has 1 heterocycles. The number of nitrogens with one attached hydrogen (secondary N) is 1. The standard InChI is InChI=1S/C16H14N6O6/c23-21(24)11-2-4-13-15(8-11)27-6-1-7-28-16-9-12(22(25)26)3-5-14(16)20-18-10-17-19-13/h2-5,8-10,19H,1,6-7H2/b17-10-,20-18?. The van der Waals surface area contributed by atoms with Crippen LogP contribution in [0.15, 0.2) is 51.7 Å². The molecule has 0 fully saturated rings. The highest BCUT2D eigenvalue weighted by Crippen LogP contribution is 2.33. The van der Waals surface area contributed by atoms with Gasteiger partial charge in [0, 0.05) is 18.6 Å². The molecule has 0 aromatic heterocycles. The van der Waals surface area contributed by atoms with Gasteiger partial charge in [0.05, 0.1) is 40.9 Å². The predicted molar refractivity (Wildman–Crippen MR) is 98.4 cm³/mol. The molecule has 2 aromatic carbocycles. The van der Waals surface area contributed by atoms with Crippen LogP contribution in [0.3, 0.4) is 0 Å². The molecule has 0 atom stereocenters. The van der Waals surface area contributed by atoms with Crippen molar-refractivity contribution in [2.45, 2.75) is 6.42 Å². The maximum Gasteiger partial charge on any atom is 0.273 e. The Balaban J connectivity index is 1.85. The van der Waals surface area contributed by atoms with Crippen LogP contribution in [0.5, 0.6) is 11.5 Å². The summed E-state index contributed by atoms with van der Waals surface area (Å²) < 4.78 is 11.2. The summed E-state index contributed by atoms with van der Waals surface area (Å²) in [5.41, 5.74) is 3.15. The topological polar surface area (TPSA) is 154 Å². The summed E-state index contributed by atoms with van der Waals surface area (Å²) in [6, 6.07) is 8.06. The summed E-state index contributed by atoms with van der Waals surface area (Å²) in [7, 11) is 0. The molecule has 28 heavy (non-hydrogen) atoms. The van der Waals surface area contributed by atoms with Gasteiger partial charge in [-0.05, 0) is 12.1 Å². The Labute approximate surface area is 157 Å². The fraction of sp³-hybridized carbons (Fsp3) is 0.188. The maximum absolute atomic E-state index is 10.9. The van der Waals surface area contributed by atoms with Crippen LogP contribution in [-0.2, 0) is 0 Å². The number of nitro benzene ring substituents is 2. The first-order valence-electron chi connectivity index (χ1n) is 8.05. The highest BCUT2D eigenvalue weighted by molar-refractivity contribution is 5.64. The molecule has 0 unspecified atom stereocenters. The number of fused-ring (bicyclic) bond motifs is 2. The lowest BCUT2D eigenvalue weighted by Crippen LogP contribution is -2.07. The minimum absolute atomic E-state index is 0.122. The highest BCUT2D eigenvalue weighted by atomic mass is 16.6. The summed E-state index contributed by atoms with van der Waals surface area (Å²) in [4.78, 5) is 20.8. The molecule has 2 aromatic rings. The van der Waals surface area contributed by atoms with E-state index in [0.29, 0.717) is 17.8 Å². The summed E-state index contributed by atoms with van der Waals surface area (Å²) >= 11 is 0. The molecule has 0 radical (unpaired) electrons. The Morgan fingerprint density at radius 2 is 1.57 bits per heavy atom. The quantitative estimate of drug-likeness (QED) is 0.608. The lowest BCUT2D eigenvalue weighted by atomic mass is 10.2. The molecule has 12 nitrogen and oxygen atoms in total. The van der Waals surface area contributed by atoms with E-state index in [2.05, 4.69) is 20.8 Å². The number of hydrogen-bond acceptors (Lipinski definition) is 10. The first kappa shape index (κ1) is 18.7. The normalized spacial score (nSPS) is 14.9. The Hall–Kier alpha value is -4.09. The average Bonchev–Trinajstić information content (AvgIpc) is 2.68. The molecule has 0 amide bonds. The highest BCUT2D eigenvalue weighted by Gasteiger charge is 2.14. The van der Waals surface area contributed by atoms with Crippen molar-refractivity contribution in [3.05, 3.63) is 56.6 Å². The van der Waals surface area contributed by atoms with Gasteiger partial charge in [-0.25, -0.2) is 0 Å². The minimum Gasteiger partial charge on any atom is -0.491 e. The summed E-state index contributed by atoms with van der Waals surface area (Å²) in [5, 5.41) is 33.4. The fourth-order valence-corrected chi connectivity index (χ4v) is 2.29. The molecule has 1 N–H and O–H groups in total. The van der Waals surface area contributed by atoms with Gasteiger partial charge in [-0.3, -0.25) is 25.7 Å². The molecular weight excluding hydrogens is 372 g/mol. The molecule has 144 valence electrons. The Bertz CT molecular complexity index is 961. The van der Waals surface area contributed by atoms with Crippen LogP contribution in [0.4, 0.5) is 22.7 Å². The number of hydrogen-bond donors (Lipinski definition) is 1. The lowest BCUT2D eigenvalue weighted by molar-refractivity contribution is -0.385. The molecular formula is C16H14N6O6. The van der Waals surface area contributed by atoms with E-state index in [1.165, 1.54) is 36.4 Å². The largest absolute Gasteiger partial charge is 0.491 e. The van der Waals surface area contributed by atoms with Gasteiger partial charge >= 0.3 is 0 Å². The van der Waals surface area contributed by atoms with Crippen LogP contribution in [0.1, 0.15) is 6.42 Å². The van der Waals surface area contributed by atoms with Gasteiger partial charge in [-0.1, -0.05) is 0 Å². The van der Waals surface area contributed by atoms with Crippen molar-refractivity contribution in [2.75, 3.05) is 18.6 Å². The lowest BCUT2D eigenvalue weighted by Gasteiger charge is -2.12. The molecule has 1 aliphatic rings. The van der Waals surface area contributed by atoms with Crippen LogP contribution in [0.25, 0.3) is 0 Å². The van der Waals surface area contributed by atoms with E-state index in [9.17, 15) is 20.2 Å². The number of ether oxygens (including phenoxy) is 2. The number of benzene rings is 2. The van der Waals surface area contributed by atoms with E-state index in [4.69, 9.17) is 9.47 Å². The van der Waals surface area contributed by atoms with Crippen molar-refractivity contribution < 1.29 is 19.3 Å². The minimum atomic E-state index is -0.537. The van der Waals surface area contributed by atoms with E-state index >= 15 is 0 Å². The maximum atomic E-state index is 10.9. The van der Waals surface area contributed by atoms with Crippen molar-refractivity contribution in [2.24, 2.45) is 15.3 Å². The van der Waals surface area contributed by atoms with Crippen molar-refractivity contribution in [1.29, 1.82) is 0 Å². The third-order valence-electron chi connectivity index (χ3n) is 3.59. The van der Waals surface area contributed by atoms with Crippen LogP contribution < -0.4 is 14.9 Å². The summed E-state index contributed by atoms with van der Waals surface area (Å²) in [5.74, 6) is 0.448. The number of nitro groups is 2. The van der Waals surface area contributed by atoms with Crippen molar-refractivity contribution in [3.8, 4) is 11.5 Å². The third-order valence-corrected chi connectivity index (χ3v) is 3.59. The van der Waals surface area contributed by atoms with Crippen LogP contribution in [0, 0.1) is 20.2 Å². The smallest absolute Gasteiger partial charge is 0.273 e. The van der Waals surface area contributed by atoms with Crippen LogP contribution in [0.2, 0.25) is 0 Å². The van der Waals surface area contributed by atoms with Crippen LogP contribution >= 0.6 is 0 Å². The second kappa shape index (κ2) is 8.53. The number of hydrazone groups is 1. The monoisotopic (exact) mass is 386 g/mol. The van der Waals surface area contributed by atoms with E-state index in [-0.39, 0.29) is 36.1 Å². The molecule has 0 saturated heterocycles. The second-order valence-corrected chi connectivity index (χ2v) is 5.47. The van der Waals surface area contributed by atoms with Crippen molar-refractivity contribution in [3.63, 3.8) is 0 Å². The molecule has 0 saturated carbocycles. The van der Waals surface area contributed by atoms with E-state index < -0.39 is 9.85 Å². The predicted octanol–water partition coefficient (Wildman–Crippen LogP) is 3.80. The van der Waals surface area contributed by atoms with Gasteiger partial charge in [0.2, 0.25) is 0 Å². The molecule has 0 aliphatic carbocycles. The van der Waals surface area contributed by atoms with Crippen molar-refractivity contribution in [1.82, 2.24) is 0 Å². The first-order valence-corrected chi connectivity index (χ1v) is 8.05. The summed E-state index contributed by atoms with van der Waals surface area (Å²) in [6.45, 7) is 0.390. The Morgan fingerprint density at radius 3 is 2.29 bits per heavy atom. The fourth-order valence-electron chi connectivity index (χ4n) is 2.29. The Kier molecular flexibility index (Phi) is 5.69. The second-order valence-electron chi connectivity index (χ2n) is 5.47. The number of anilines is 1. The van der Waals surface area contributed by atoms with Gasteiger partial charge in [-0.2, -0.15) is 5.10 Å². The zero-order chi connectivity index (χ0) is 19.9. The van der Waals surface area contributed by atoms with Gasteiger partial charge in [-0.15, -0.1) is 10.2 Å². The molecule has 12 heteroatoms. The number of non-ortho nitro benzene ring substituents is 2. The third kappa shape index (κ3) is 4.55. The van der Waals surface area contributed by atoms with E-state index in [0.717, 1.165) is 6.34 Å². The molecule has 3 rings (SSSR count). The van der Waals surface area contributed by atoms with Gasteiger partial charge in [0.25, 0.3) is 11.4 Å². The zero-order valence-electron chi connectivity index (χ0n) is 14.3. The number of rotatable bonds is 2. The number of azo groups is 1. The SMILES string of the molecule is O=[N+]([O-])c1ccc2c(c1)OCCCOc1cc([N+](=O)[O-])ccc1N/N=C\N=N2. The Morgan fingerprint density at radius 1 is 0.929 bits per heavy atom. The average molecular weight is 386 g/mol. The van der Waals surface area contributed by atoms with E-state index in [1.807, 2.05) is 0 Å². The first-order chi connectivity index (χ1) is 13.5. The number of nitrogens with zero attached hydrogens (tertiary/aromatic N) is 5. The summed E-state index contributed by atoms with van der Waals surface area (Å²) in [6.07, 6.45) is 1.53. The van der Waals surface area contributed by atoms with Gasteiger partial charge in [0.15, 0.2) is 17.8 Å². The molecule has 1 aliphatic heterocycles. The zero-order valence-corrected chi connectivity index (χ0v) is 14.3. The van der Waals surface area contributed by atoms with E-state index in [1.54, 1.807) is 0 Å². The van der Waals surface area contributed by atoms with Crippen LogP contribution in [-0.4, -0.2) is 29.4 Å². The van der Waals surface area contributed by atoms with Crippen molar-refractivity contribution >= 4 is 29.1 Å².